The van der Waals surface area contributed by atoms with Crippen LogP contribution in [0.1, 0.15) is 20.7 Å². The van der Waals surface area contributed by atoms with Gasteiger partial charge in [0.05, 0.1) is 14.2 Å². The summed E-state index contributed by atoms with van der Waals surface area (Å²) in [5.41, 5.74) is 2.73. The monoisotopic (exact) mass is 316 g/mol. The molecular formula is C16H16N2O5. The Morgan fingerprint density at radius 1 is 0.870 bits per heavy atom. The van der Waals surface area contributed by atoms with E-state index < -0.39 is 5.91 Å². The average molecular weight is 316 g/mol. The number of ether oxygens (including phenoxy) is 2. The quantitative estimate of drug-likeness (QED) is 0.579. The minimum Gasteiger partial charge on any atom is -0.493 e. The van der Waals surface area contributed by atoms with Crippen molar-refractivity contribution >= 4 is 17.5 Å². The van der Waals surface area contributed by atoms with E-state index in [-0.39, 0.29) is 11.5 Å². The highest BCUT2D eigenvalue weighted by Crippen LogP contribution is 2.27. The zero-order chi connectivity index (χ0) is 16.8. The lowest BCUT2D eigenvalue weighted by Gasteiger charge is -2.10. The van der Waals surface area contributed by atoms with Crippen molar-refractivity contribution in [3.63, 3.8) is 0 Å². The van der Waals surface area contributed by atoms with Gasteiger partial charge >= 0.3 is 0 Å². The molecule has 0 fully saturated rings. The molecule has 0 radical (unpaired) electrons. The van der Waals surface area contributed by atoms with E-state index in [1.807, 2.05) is 0 Å². The lowest BCUT2D eigenvalue weighted by Crippen LogP contribution is -2.18. The van der Waals surface area contributed by atoms with Crippen LogP contribution < -0.4 is 20.3 Å². The van der Waals surface area contributed by atoms with Gasteiger partial charge in [0.2, 0.25) is 0 Å². The van der Waals surface area contributed by atoms with E-state index in [0.29, 0.717) is 22.7 Å². The van der Waals surface area contributed by atoms with E-state index in [1.165, 1.54) is 31.8 Å². The maximum Gasteiger partial charge on any atom is 0.274 e. The predicted octanol–water partition coefficient (Wildman–Crippen LogP) is 2.08. The van der Waals surface area contributed by atoms with Crippen LogP contribution >= 0.6 is 0 Å². The molecule has 120 valence electrons. The summed E-state index contributed by atoms with van der Waals surface area (Å²) in [6.45, 7) is 0. The molecule has 7 heteroatoms. The molecule has 23 heavy (non-hydrogen) atoms. The molecule has 0 unspecified atom stereocenters. The van der Waals surface area contributed by atoms with Crippen LogP contribution in [0.25, 0.3) is 0 Å². The normalized spacial score (nSPS) is 9.87. The van der Waals surface area contributed by atoms with E-state index in [1.54, 1.807) is 30.3 Å². The number of hydroxylamine groups is 1. The summed E-state index contributed by atoms with van der Waals surface area (Å²) >= 11 is 0. The second kappa shape index (κ2) is 7.28. The van der Waals surface area contributed by atoms with Crippen LogP contribution in [-0.4, -0.2) is 31.2 Å². The van der Waals surface area contributed by atoms with Gasteiger partial charge in [-0.15, -0.1) is 0 Å². The molecule has 0 saturated carbocycles. The zero-order valence-corrected chi connectivity index (χ0v) is 12.6. The van der Waals surface area contributed by atoms with E-state index in [4.69, 9.17) is 14.7 Å². The number of hydrogen-bond acceptors (Lipinski definition) is 5. The molecule has 0 aromatic heterocycles. The maximum atomic E-state index is 12.2. The first kappa shape index (κ1) is 16.3. The minimum atomic E-state index is -0.622. The van der Waals surface area contributed by atoms with E-state index >= 15 is 0 Å². The number of rotatable bonds is 5. The van der Waals surface area contributed by atoms with Crippen molar-refractivity contribution in [3.05, 3.63) is 53.6 Å². The largest absolute Gasteiger partial charge is 0.493 e. The molecule has 2 rings (SSSR count). The zero-order valence-electron chi connectivity index (χ0n) is 12.6. The van der Waals surface area contributed by atoms with Gasteiger partial charge in [-0.1, -0.05) is 0 Å². The Morgan fingerprint density at radius 2 is 1.48 bits per heavy atom. The van der Waals surface area contributed by atoms with Gasteiger partial charge in [-0.05, 0) is 42.5 Å². The molecule has 0 aliphatic heterocycles. The highest BCUT2D eigenvalue weighted by Gasteiger charge is 2.11. The molecule has 2 aromatic rings. The third kappa shape index (κ3) is 3.78. The van der Waals surface area contributed by atoms with Crippen molar-refractivity contribution in [2.45, 2.75) is 0 Å². The first-order valence-corrected chi connectivity index (χ1v) is 6.67. The van der Waals surface area contributed by atoms with Crippen LogP contribution in [-0.2, 0) is 0 Å². The summed E-state index contributed by atoms with van der Waals surface area (Å²) in [6.07, 6.45) is 0. The van der Waals surface area contributed by atoms with Crippen molar-refractivity contribution < 1.29 is 24.3 Å². The minimum absolute atomic E-state index is 0.275. The summed E-state index contributed by atoms with van der Waals surface area (Å²) in [5.74, 6) is 0.0339. The van der Waals surface area contributed by atoms with Crippen molar-refractivity contribution in [1.82, 2.24) is 5.48 Å². The van der Waals surface area contributed by atoms with Crippen LogP contribution in [0.15, 0.2) is 42.5 Å². The van der Waals surface area contributed by atoms with Crippen LogP contribution in [0.2, 0.25) is 0 Å². The molecule has 0 saturated heterocycles. The predicted molar refractivity (Wildman–Crippen MR) is 83.2 cm³/mol. The number of hydrogen-bond donors (Lipinski definition) is 3. The summed E-state index contributed by atoms with van der Waals surface area (Å²) in [6, 6.07) is 10.9. The fourth-order valence-corrected chi connectivity index (χ4v) is 1.95. The smallest absolute Gasteiger partial charge is 0.274 e. The third-order valence-corrected chi connectivity index (χ3v) is 3.15. The first-order valence-electron chi connectivity index (χ1n) is 6.67. The topological polar surface area (TPSA) is 96.9 Å². The van der Waals surface area contributed by atoms with E-state index in [2.05, 4.69) is 5.32 Å². The number of anilines is 1. The molecule has 7 nitrogen and oxygen atoms in total. The molecular weight excluding hydrogens is 300 g/mol. The molecule has 0 spiro atoms. The number of nitrogens with one attached hydrogen (secondary N) is 2. The van der Waals surface area contributed by atoms with E-state index in [9.17, 15) is 9.59 Å². The Kier molecular flexibility index (Phi) is 5.16. The molecule has 3 N–H and O–H groups in total. The molecule has 0 atom stereocenters. The van der Waals surface area contributed by atoms with Crippen molar-refractivity contribution in [2.24, 2.45) is 0 Å². The Morgan fingerprint density at radius 3 is 2.04 bits per heavy atom. The van der Waals surface area contributed by atoms with Crippen LogP contribution in [0.3, 0.4) is 0 Å². The van der Waals surface area contributed by atoms with Gasteiger partial charge in [-0.25, -0.2) is 5.48 Å². The molecule has 0 aliphatic rings. The van der Waals surface area contributed by atoms with Crippen LogP contribution in [0.5, 0.6) is 11.5 Å². The Balaban J connectivity index is 2.14. The number of carbonyl (C=O) groups excluding carboxylic acids is 2. The maximum absolute atomic E-state index is 12.2. The Bertz CT molecular complexity index is 713. The lowest BCUT2D eigenvalue weighted by molar-refractivity contribution is 0.0706. The number of amides is 2. The van der Waals surface area contributed by atoms with Gasteiger partial charge in [0.1, 0.15) is 0 Å². The number of carbonyl (C=O) groups is 2. The fraction of sp³-hybridized carbons (Fsp3) is 0.125. The SMILES string of the molecule is COc1ccc(C(=O)Nc2ccc(C(=O)NO)cc2)cc1OC. The third-order valence-electron chi connectivity index (χ3n) is 3.15. The van der Waals surface area contributed by atoms with Crippen molar-refractivity contribution in [2.75, 3.05) is 19.5 Å². The second-order valence-electron chi connectivity index (χ2n) is 4.54. The van der Waals surface area contributed by atoms with Gasteiger partial charge in [0, 0.05) is 16.8 Å². The molecule has 0 bridgehead atoms. The van der Waals surface area contributed by atoms with Crippen molar-refractivity contribution in [1.29, 1.82) is 0 Å². The Hall–Kier alpha value is -3.06. The van der Waals surface area contributed by atoms with Gasteiger partial charge in [0.25, 0.3) is 11.8 Å². The molecule has 0 aliphatic carbocycles. The first-order chi connectivity index (χ1) is 11.1. The van der Waals surface area contributed by atoms with Gasteiger partial charge in [0.15, 0.2) is 11.5 Å². The summed E-state index contributed by atoms with van der Waals surface area (Å²) in [7, 11) is 3.01. The van der Waals surface area contributed by atoms with Gasteiger partial charge in [-0.3, -0.25) is 14.8 Å². The van der Waals surface area contributed by atoms with Crippen LogP contribution in [0, 0.1) is 0 Å². The lowest BCUT2D eigenvalue weighted by atomic mass is 10.1. The standard InChI is InChI=1S/C16H16N2O5/c1-22-13-8-5-11(9-14(13)23-2)15(19)17-12-6-3-10(4-7-12)16(20)18-21/h3-9,21H,1-2H3,(H,17,19)(H,18,20). The molecule has 2 aromatic carbocycles. The van der Waals surface area contributed by atoms with Gasteiger partial charge < -0.3 is 14.8 Å². The fourth-order valence-electron chi connectivity index (χ4n) is 1.95. The summed E-state index contributed by atoms with van der Waals surface area (Å²) < 4.78 is 10.3. The van der Waals surface area contributed by atoms with Crippen molar-refractivity contribution in [3.8, 4) is 11.5 Å². The Labute approximate surface area is 132 Å². The summed E-state index contributed by atoms with van der Waals surface area (Å²) in [5, 5.41) is 11.3. The van der Waals surface area contributed by atoms with E-state index in [0.717, 1.165) is 0 Å². The molecule has 2 amide bonds. The van der Waals surface area contributed by atoms with Crippen LogP contribution in [0.4, 0.5) is 5.69 Å². The average Bonchev–Trinajstić information content (AvgIpc) is 2.60. The number of methoxy groups -OCH3 is 2. The highest BCUT2D eigenvalue weighted by molar-refractivity contribution is 6.05. The second-order valence-corrected chi connectivity index (χ2v) is 4.54. The number of benzene rings is 2. The molecule has 0 heterocycles. The van der Waals surface area contributed by atoms with Gasteiger partial charge in [-0.2, -0.15) is 0 Å². The summed E-state index contributed by atoms with van der Waals surface area (Å²) in [4.78, 5) is 23.5. The highest BCUT2D eigenvalue weighted by atomic mass is 16.5.